The molecule has 0 unspecified atom stereocenters. The second-order valence-electron chi connectivity index (χ2n) is 6.97. The molecule has 3 rings (SSSR count). The fraction of sp³-hybridized carbons (Fsp3) is 0.444. The molecule has 0 radical (unpaired) electrons. The molecule has 0 spiro atoms. The van der Waals surface area contributed by atoms with Crippen LogP contribution in [0.25, 0.3) is 11.5 Å². The van der Waals surface area contributed by atoms with Gasteiger partial charge in [-0.05, 0) is 51.8 Å². The molecule has 1 atom stereocenters. The molecule has 0 aliphatic carbocycles. The summed E-state index contributed by atoms with van der Waals surface area (Å²) in [7, 11) is 0. The van der Waals surface area contributed by atoms with Gasteiger partial charge in [0.15, 0.2) is 0 Å². The summed E-state index contributed by atoms with van der Waals surface area (Å²) in [6, 6.07) is 8.77. The third-order valence-electron chi connectivity index (χ3n) is 3.85. The summed E-state index contributed by atoms with van der Waals surface area (Å²) >= 11 is 0. The van der Waals surface area contributed by atoms with Crippen LogP contribution in [-0.2, 0) is 4.74 Å². The van der Waals surface area contributed by atoms with Gasteiger partial charge in [-0.15, -0.1) is 10.2 Å². The highest BCUT2D eigenvalue weighted by Gasteiger charge is 2.36. The van der Waals surface area contributed by atoms with E-state index in [1.807, 2.05) is 20.8 Å². The van der Waals surface area contributed by atoms with Gasteiger partial charge < -0.3 is 9.15 Å². The molecule has 1 aliphatic heterocycles. The van der Waals surface area contributed by atoms with Crippen LogP contribution in [0.1, 0.15) is 51.1 Å². The van der Waals surface area contributed by atoms with Crippen LogP contribution in [-0.4, -0.2) is 33.3 Å². The zero-order valence-electron chi connectivity index (χ0n) is 14.5. The maximum atomic E-state index is 12.4. The van der Waals surface area contributed by atoms with Crippen LogP contribution in [0.4, 0.5) is 4.79 Å². The summed E-state index contributed by atoms with van der Waals surface area (Å²) in [6.07, 6.45) is 1.23. The van der Waals surface area contributed by atoms with E-state index in [-0.39, 0.29) is 12.1 Å². The maximum absolute atomic E-state index is 12.4. The number of nitrogens with zero attached hydrogens (tertiary/aromatic N) is 4. The Morgan fingerprint density at radius 1 is 1.40 bits per heavy atom. The Morgan fingerprint density at radius 2 is 2.20 bits per heavy atom. The van der Waals surface area contributed by atoms with E-state index >= 15 is 0 Å². The van der Waals surface area contributed by atoms with Crippen LogP contribution in [0.3, 0.4) is 0 Å². The SMILES string of the molecule is CC(C)(C)OC(=O)N1CCC[C@@H]1c1nnc(-c2cccc(C#N)c2)o1. The van der Waals surface area contributed by atoms with Crippen LogP contribution in [0, 0.1) is 11.3 Å². The first-order chi connectivity index (χ1) is 11.9. The van der Waals surface area contributed by atoms with Gasteiger partial charge in [0.25, 0.3) is 0 Å². The lowest BCUT2D eigenvalue weighted by Gasteiger charge is -2.27. The highest BCUT2D eigenvalue weighted by Crippen LogP contribution is 2.33. The van der Waals surface area contributed by atoms with Gasteiger partial charge in [0.2, 0.25) is 11.8 Å². The van der Waals surface area contributed by atoms with Crippen molar-refractivity contribution < 1.29 is 13.9 Å². The van der Waals surface area contributed by atoms with Crippen molar-refractivity contribution >= 4 is 6.09 Å². The fourth-order valence-electron chi connectivity index (χ4n) is 2.77. The van der Waals surface area contributed by atoms with Crippen molar-refractivity contribution in [3.8, 4) is 17.5 Å². The minimum Gasteiger partial charge on any atom is -0.444 e. The second kappa shape index (κ2) is 6.55. The first kappa shape index (κ1) is 17.0. The van der Waals surface area contributed by atoms with Crippen LogP contribution >= 0.6 is 0 Å². The second-order valence-corrected chi connectivity index (χ2v) is 6.97. The molecule has 0 N–H and O–H groups in total. The topological polar surface area (TPSA) is 92.2 Å². The van der Waals surface area contributed by atoms with Crippen molar-refractivity contribution in [2.45, 2.75) is 45.3 Å². The van der Waals surface area contributed by atoms with Crippen molar-refractivity contribution in [1.29, 1.82) is 5.26 Å². The van der Waals surface area contributed by atoms with E-state index in [2.05, 4.69) is 16.3 Å². The highest BCUT2D eigenvalue weighted by atomic mass is 16.6. The molecule has 130 valence electrons. The number of hydrogen-bond acceptors (Lipinski definition) is 6. The third kappa shape index (κ3) is 3.79. The Morgan fingerprint density at radius 3 is 2.92 bits per heavy atom. The summed E-state index contributed by atoms with van der Waals surface area (Å²) in [5.41, 5.74) is 0.648. The molecule has 25 heavy (non-hydrogen) atoms. The quantitative estimate of drug-likeness (QED) is 0.828. The molecule has 1 aromatic heterocycles. The van der Waals surface area contributed by atoms with Gasteiger partial charge in [0.1, 0.15) is 11.6 Å². The molecule has 1 aromatic carbocycles. The van der Waals surface area contributed by atoms with Crippen molar-refractivity contribution in [3.63, 3.8) is 0 Å². The van der Waals surface area contributed by atoms with Gasteiger partial charge in [-0.1, -0.05) is 6.07 Å². The van der Waals surface area contributed by atoms with E-state index in [0.29, 0.717) is 29.5 Å². The number of benzene rings is 1. The number of likely N-dealkylation sites (tertiary alicyclic amines) is 1. The van der Waals surface area contributed by atoms with Gasteiger partial charge in [0, 0.05) is 12.1 Å². The molecule has 0 saturated carbocycles. The Hall–Kier alpha value is -2.88. The van der Waals surface area contributed by atoms with E-state index in [0.717, 1.165) is 12.8 Å². The number of amides is 1. The molecule has 7 nitrogen and oxygen atoms in total. The van der Waals surface area contributed by atoms with E-state index in [1.54, 1.807) is 29.2 Å². The van der Waals surface area contributed by atoms with Crippen LogP contribution in [0.15, 0.2) is 28.7 Å². The first-order valence-electron chi connectivity index (χ1n) is 8.21. The monoisotopic (exact) mass is 340 g/mol. The third-order valence-corrected chi connectivity index (χ3v) is 3.85. The predicted octanol–water partition coefficient (Wildman–Crippen LogP) is 3.68. The zero-order chi connectivity index (χ0) is 18.0. The molecule has 1 fully saturated rings. The molecular formula is C18H20N4O3. The Bertz CT molecular complexity index is 816. The molecule has 2 aromatic rings. The number of carbonyl (C=O) groups excluding carboxylic acids is 1. The molecule has 2 heterocycles. The van der Waals surface area contributed by atoms with E-state index < -0.39 is 5.60 Å². The van der Waals surface area contributed by atoms with Gasteiger partial charge in [-0.3, -0.25) is 4.90 Å². The number of carbonyl (C=O) groups is 1. The molecule has 1 aliphatic rings. The minimum atomic E-state index is -0.554. The number of aromatic nitrogens is 2. The standard InChI is InChI=1S/C18H20N4O3/c1-18(2,3)25-17(23)22-9-5-8-14(22)16-21-20-15(24-16)13-7-4-6-12(10-13)11-19/h4,6-7,10,14H,5,8-9H2,1-3H3/t14-/m1/s1. The summed E-state index contributed by atoms with van der Waals surface area (Å²) < 4.78 is 11.2. The van der Waals surface area contributed by atoms with Crippen molar-refractivity contribution in [3.05, 3.63) is 35.7 Å². The smallest absolute Gasteiger partial charge is 0.410 e. The summed E-state index contributed by atoms with van der Waals surface area (Å²) in [5.74, 6) is 0.726. The van der Waals surface area contributed by atoms with Gasteiger partial charge in [0.05, 0.1) is 11.6 Å². The Kier molecular flexibility index (Phi) is 4.45. The Labute approximate surface area is 146 Å². The van der Waals surface area contributed by atoms with Crippen LogP contribution < -0.4 is 0 Å². The minimum absolute atomic E-state index is 0.282. The predicted molar refractivity (Wildman–Crippen MR) is 89.4 cm³/mol. The normalized spacial score (nSPS) is 17.4. The highest BCUT2D eigenvalue weighted by molar-refractivity contribution is 5.69. The van der Waals surface area contributed by atoms with Crippen LogP contribution in [0.5, 0.6) is 0 Å². The maximum Gasteiger partial charge on any atom is 0.410 e. The number of ether oxygens (including phenoxy) is 1. The number of hydrogen-bond donors (Lipinski definition) is 0. The average molecular weight is 340 g/mol. The van der Waals surface area contributed by atoms with Crippen molar-refractivity contribution in [2.75, 3.05) is 6.54 Å². The van der Waals surface area contributed by atoms with Gasteiger partial charge in [-0.2, -0.15) is 5.26 Å². The van der Waals surface area contributed by atoms with Crippen molar-refractivity contribution in [1.82, 2.24) is 15.1 Å². The molecule has 1 amide bonds. The molecule has 1 saturated heterocycles. The lowest BCUT2D eigenvalue weighted by Crippen LogP contribution is -2.36. The van der Waals surface area contributed by atoms with E-state index in [9.17, 15) is 4.79 Å². The molecular weight excluding hydrogens is 320 g/mol. The fourth-order valence-corrected chi connectivity index (χ4v) is 2.77. The van der Waals surface area contributed by atoms with Crippen LogP contribution in [0.2, 0.25) is 0 Å². The number of nitriles is 1. The lowest BCUT2D eigenvalue weighted by atomic mass is 10.1. The molecule has 7 heteroatoms. The first-order valence-corrected chi connectivity index (χ1v) is 8.21. The van der Waals surface area contributed by atoms with Crippen molar-refractivity contribution in [2.24, 2.45) is 0 Å². The Balaban J connectivity index is 1.81. The zero-order valence-corrected chi connectivity index (χ0v) is 14.5. The van der Waals surface area contributed by atoms with E-state index in [1.165, 1.54) is 0 Å². The largest absolute Gasteiger partial charge is 0.444 e. The summed E-state index contributed by atoms with van der Waals surface area (Å²) in [6.45, 7) is 6.11. The summed E-state index contributed by atoms with van der Waals surface area (Å²) in [4.78, 5) is 14.0. The lowest BCUT2D eigenvalue weighted by molar-refractivity contribution is 0.0204. The van der Waals surface area contributed by atoms with Gasteiger partial charge >= 0.3 is 6.09 Å². The number of rotatable bonds is 2. The van der Waals surface area contributed by atoms with Gasteiger partial charge in [-0.25, -0.2) is 4.79 Å². The summed E-state index contributed by atoms with van der Waals surface area (Å²) in [5, 5.41) is 17.2. The van der Waals surface area contributed by atoms with E-state index in [4.69, 9.17) is 14.4 Å². The molecule has 0 bridgehead atoms. The average Bonchev–Trinajstić information content (AvgIpc) is 3.22.